The van der Waals surface area contributed by atoms with Crippen molar-refractivity contribution in [2.24, 2.45) is 0 Å². The molecular weight excluding hydrogens is 460 g/mol. The number of hydrazine groups is 1. The Morgan fingerprint density at radius 3 is 2.00 bits per heavy atom. The summed E-state index contributed by atoms with van der Waals surface area (Å²) in [6, 6.07) is 27.3. The summed E-state index contributed by atoms with van der Waals surface area (Å²) in [6.07, 6.45) is 3.75. The molecule has 0 radical (unpaired) electrons. The van der Waals surface area contributed by atoms with Crippen LogP contribution in [0.4, 0.5) is 0 Å². The fraction of sp³-hybridized carbons (Fsp3) is 0.355. The molecule has 6 nitrogen and oxygen atoms in total. The highest BCUT2D eigenvalue weighted by Gasteiger charge is 2.30. The van der Waals surface area contributed by atoms with Crippen molar-refractivity contribution in [1.82, 2.24) is 21.1 Å². The monoisotopic (exact) mass is 498 g/mol. The number of benzene rings is 3. The van der Waals surface area contributed by atoms with E-state index < -0.39 is 12.1 Å². The SMILES string of the molecule is CNC(C(=O)NC(Cc1ccccc1)C(=O)NN1CCCCC1)C(C)c1ccc(-c2ccccc2)cc1. The van der Waals surface area contributed by atoms with Crippen molar-refractivity contribution in [2.45, 2.75) is 50.6 Å². The fourth-order valence-electron chi connectivity index (χ4n) is 4.97. The fourth-order valence-corrected chi connectivity index (χ4v) is 4.97. The molecule has 1 aliphatic heterocycles. The van der Waals surface area contributed by atoms with Crippen LogP contribution in [0.5, 0.6) is 0 Å². The molecule has 3 atom stereocenters. The Balaban J connectivity index is 1.46. The zero-order chi connectivity index (χ0) is 26.0. The van der Waals surface area contributed by atoms with Gasteiger partial charge in [-0.3, -0.25) is 15.0 Å². The summed E-state index contributed by atoms with van der Waals surface area (Å²) in [6.45, 7) is 3.72. The van der Waals surface area contributed by atoms with E-state index in [4.69, 9.17) is 0 Å². The van der Waals surface area contributed by atoms with Gasteiger partial charge in [0.1, 0.15) is 6.04 Å². The molecular formula is C31H38N4O2. The van der Waals surface area contributed by atoms with Crippen molar-refractivity contribution in [3.63, 3.8) is 0 Å². The third-order valence-corrected chi connectivity index (χ3v) is 7.18. The number of nitrogens with one attached hydrogen (secondary N) is 3. The van der Waals surface area contributed by atoms with Crippen molar-refractivity contribution in [3.05, 3.63) is 96.1 Å². The van der Waals surface area contributed by atoms with Crippen LogP contribution in [0.25, 0.3) is 11.1 Å². The Labute approximate surface area is 220 Å². The van der Waals surface area contributed by atoms with E-state index in [1.54, 1.807) is 7.05 Å². The first kappa shape index (κ1) is 26.6. The number of hydrogen-bond donors (Lipinski definition) is 3. The second kappa shape index (κ2) is 13.2. The molecule has 0 spiro atoms. The second-order valence-electron chi connectivity index (χ2n) is 9.82. The summed E-state index contributed by atoms with van der Waals surface area (Å²) in [4.78, 5) is 26.8. The molecule has 1 saturated heterocycles. The number of carbonyl (C=O) groups is 2. The van der Waals surface area contributed by atoms with Crippen molar-refractivity contribution in [1.29, 1.82) is 0 Å². The van der Waals surface area contributed by atoms with Crippen LogP contribution in [0.2, 0.25) is 0 Å². The minimum atomic E-state index is -0.666. The van der Waals surface area contributed by atoms with Gasteiger partial charge in [0.15, 0.2) is 0 Å². The molecule has 194 valence electrons. The summed E-state index contributed by atoms with van der Waals surface area (Å²) in [5, 5.41) is 8.21. The number of piperidine rings is 1. The molecule has 0 saturated carbocycles. The average molecular weight is 499 g/mol. The first-order valence-electron chi connectivity index (χ1n) is 13.3. The Bertz CT molecular complexity index is 1130. The summed E-state index contributed by atoms with van der Waals surface area (Å²) < 4.78 is 0. The van der Waals surface area contributed by atoms with Crippen LogP contribution >= 0.6 is 0 Å². The van der Waals surface area contributed by atoms with Crippen LogP contribution < -0.4 is 16.1 Å². The van der Waals surface area contributed by atoms with Crippen molar-refractivity contribution < 1.29 is 9.59 Å². The predicted molar refractivity (Wildman–Crippen MR) is 149 cm³/mol. The lowest BCUT2D eigenvalue weighted by Gasteiger charge is -2.30. The molecule has 3 aromatic rings. The van der Waals surface area contributed by atoms with Gasteiger partial charge in [-0.1, -0.05) is 98.3 Å². The molecule has 37 heavy (non-hydrogen) atoms. The number of nitrogens with zero attached hydrogens (tertiary/aromatic N) is 1. The lowest BCUT2D eigenvalue weighted by Crippen LogP contribution is -2.57. The van der Waals surface area contributed by atoms with E-state index in [-0.39, 0.29) is 17.7 Å². The van der Waals surface area contributed by atoms with Crippen molar-refractivity contribution in [2.75, 3.05) is 20.1 Å². The number of hydrogen-bond acceptors (Lipinski definition) is 4. The first-order chi connectivity index (χ1) is 18.0. The lowest BCUT2D eigenvalue weighted by molar-refractivity contribution is -0.133. The maximum Gasteiger partial charge on any atom is 0.257 e. The maximum atomic E-state index is 13.5. The van der Waals surface area contributed by atoms with E-state index in [0.29, 0.717) is 6.42 Å². The third-order valence-electron chi connectivity index (χ3n) is 7.18. The molecule has 4 rings (SSSR count). The zero-order valence-electron chi connectivity index (χ0n) is 21.8. The smallest absolute Gasteiger partial charge is 0.257 e. The molecule has 6 heteroatoms. The predicted octanol–water partition coefficient (Wildman–Crippen LogP) is 4.29. The minimum Gasteiger partial charge on any atom is -0.343 e. The van der Waals surface area contributed by atoms with Gasteiger partial charge < -0.3 is 10.6 Å². The van der Waals surface area contributed by atoms with E-state index in [2.05, 4.69) is 52.5 Å². The van der Waals surface area contributed by atoms with Crippen LogP contribution in [-0.2, 0) is 16.0 Å². The molecule has 1 heterocycles. The Morgan fingerprint density at radius 1 is 0.784 bits per heavy atom. The second-order valence-corrected chi connectivity index (χ2v) is 9.82. The minimum absolute atomic E-state index is 0.0858. The molecule has 0 aliphatic carbocycles. The number of carbonyl (C=O) groups excluding carboxylic acids is 2. The van der Waals surface area contributed by atoms with Gasteiger partial charge in [0.25, 0.3) is 5.91 Å². The van der Waals surface area contributed by atoms with E-state index in [1.807, 2.05) is 60.5 Å². The van der Waals surface area contributed by atoms with Crippen LogP contribution in [0.3, 0.4) is 0 Å². The highest BCUT2D eigenvalue weighted by Crippen LogP contribution is 2.25. The first-order valence-corrected chi connectivity index (χ1v) is 13.3. The highest BCUT2D eigenvalue weighted by atomic mass is 16.2. The van der Waals surface area contributed by atoms with Gasteiger partial charge in [-0.2, -0.15) is 0 Å². The van der Waals surface area contributed by atoms with Crippen molar-refractivity contribution >= 4 is 11.8 Å². The summed E-state index contributed by atoms with van der Waals surface area (Å²) in [7, 11) is 1.79. The molecule has 1 fully saturated rings. The molecule has 2 amide bonds. The Hall–Kier alpha value is -3.48. The summed E-state index contributed by atoms with van der Waals surface area (Å²) in [5.41, 5.74) is 7.41. The van der Waals surface area contributed by atoms with Crippen molar-refractivity contribution in [3.8, 4) is 11.1 Å². The quantitative estimate of drug-likeness (QED) is 0.390. The molecule has 3 N–H and O–H groups in total. The average Bonchev–Trinajstić information content (AvgIpc) is 2.94. The zero-order valence-corrected chi connectivity index (χ0v) is 21.8. The van der Waals surface area contributed by atoms with Crippen LogP contribution in [0, 0.1) is 0 Å². The van der Waals surface area contributed by atoms with Gasteiger partial charge >= 0.3 is 0 Å². The number of amides is 2. The lowest BCUT2D eigenvalue weighted by atomic mass is 9.91. The molecule has 0 aromatic heterocycles. The van der Waals surface area contributed by atoms with Gasteiger partial charge in [0.05, 0.1) is 6.04 Å². The Morgan fingerprint density at radius 2 is 1.38 bits per heavy atom. The van der Waals surface area contributed by atoms with Gasteiger partial charge in [-0.15, -0.1) is 0 Å². The molecule has 3 aromatic carbocycles. The van der Waals surface area contributed by atoms with E-state index in [9.17, 15) is 9.59 Å². The van der Waals surface area contributed by atoms with Gasteiger partial charge in [0, 0.05) is 25.4 Å². The summed E-state index contributed by atoms with van der Waals surface area (Å²) >= 11 is 0. The van der Waals surface area contributed by atoms with E-state index in [0.717, 1.165) is 48.2 Å². The third kappa shape index (κ3) is 7.28. The number of rotatable bonds is 10. The Kier molecular flexibility index (Phi) is 9.46. The molecule has 3 unspecified atom stereocenters. The van der Waals surface area contributed by atoms with Crippen LogP contribution in [-0.4, -0.2) is 49.0 Å². The van der Waals surface area contributed by atoms with Crippen LogP contribution in [0.15, 0.2) is 84.9 Å². The maximum absolute atomic E-state index is 13.5. The molecule has 1 aliphatic rings. The standard InChI is InChI=1S/C31H38N4O2/c1-23(25-16-18-27(19-17-25)26-14-8-4-9-15-26)29(32-2)31(37)33-28(22-24-12-6-3-7-13-24)30(36)34-35-20-10-5-11-21-35/h3-4,6-9,12-19,23,28-29,32H,5,10-11,20-22H2,1-2H3,(H,33,37)(H,34,36). The van der Waals surface area contributed by atoms with E-state index in [1.165, 1.54) is 6.42 Å². The van der Waals surface area contributed by atoms with Gasteiger partial charge in [-0.25, -0.2) is 5.01 Å². The molecule has 0 bridgehead atoms. The largest absolute Gasteiger partial charge is 0.343 e. The number of likely N-dealkylation sites (N-methyl/N-ethyl adjacent to an activating group) is 1. The topological polar surface area (TPSA) is 73.5 Å². The van der Waals surface area contributed by atoms with Gasteiger partial charge in [-0.05, 0) is 42.1 Å². The van der Waals surface area contributed by atoms with Gasteiger partial charge in [0.2, 0.25) is 5.91 Å². The highest BCUT2D eigenvalue weighted by molar-refractivity contribution is 5.90. The normalized spacial score (nSPS) is 16.4. The van der Waals surface area contributed by atoms with E-state index >= 15 is 0 Å². The summed E-state index contributed by atoms with van der Waals surface area (Å²) in [5.74, 6) is -0.442. The van der Waals surface area contributed by atoms with Crippen LogP contribution in [0.1, 0.15) is 43.2 Å².